The van der Waals surface area contributed by atoms with E-state index in [0.29, 0.717) is 5.69 Å². The number of aromatic nitrogens is 2. The normalized spacial score (nSPS) is 10.6. The van der Waals surface area contributed by atoms with Crippen molar-refractivity contribution in [3.05, 3.63) is 66.5 Å². The molecule has 0 unspecified atom stereocenters. The number of benzene rings is 2. The summed E-state index contributed by atoms with van der Waals surface area (Å²) in [5.74, 6) is 0.744. The Morgan fingerprint density at radius 3 is 2.38 bits per heavy atom. The largest absolute Gasteiger partial charge is 0.394 e. The Hall–Kier alpha value is -2.53. The van der Waals surface area contributed by atoms with Crippen LogP contribution in [0.3, 0.4) is 0 Å². The van der Waals surface area contributed by atoms with Crippen LogP contribution in [-0.4, -0.2) is 16.5 Å². The van der Waals surface area contributed by atoms with Crippen LogP contribution in [-0.2, 0) is 0 Å². The zero-order valence-electron chi connectivity index (χ0n) is 13.8. The van der Waals surface area contributed by atoms with E-state index in [4.69, 9.17) is 5.73 Å². The molecule has 2 aromatic carbocycles. The van der Waals surface area contributed by atoms with Gasteiger partial charge in [0.15, 0.2) is 5.82 Å². The van der Waals surface area contributed by atoms with E-state index < -0.39 is 0 Å². The van der Waals surface area contributed by atoms with Crippen LogP contribution in [0.4, 0.5) is 17.2 Å². The molecule has 0 aliphatic heterocycles. The molecule has 0 bridgehead atoms. The first-order chi connectivity index (χ1) is 11.7. The van der Waals surface area contributed by atoms with Crippen molar-refractivity contribution in [3.63, 3.8) is 0 Å². The van der Waals surface area contributed by atoms with Crippen molar-refractivity contribution in [2.24, 2.45) is 0 Å². The molecule has 0 spiro atoms. The summed E-state index contributed by atoms with van der Waals surface area (Å²) < 4.78 is 0. The maximum absolute atomic E-state index is 6.39. The van der Waals surface area contributed by atoms with E-state index in [2.05, 4.69) is 65.1 Å². The Kier molecular flexibility index (Phi) is 5.01. The number of anilines is 3. The van der Waals surface area contributed by atoms with Crippen molar-refractivity contribution < 1.29 is 0 Å². The molecule has 0 aliphatic rings. The van der Waals surface area contributed by atoms with Crippen molar-refractivity contribution in [1.82, 2.24) is 9.97 Å². The zero-order chi connectivity index (χ0) is 16.9. The first-order valence-corrected chi connectivity index (χ1v) is 8.68. The van der Waals surface area contributed by atoms with Gasteiger partial charge in [-0.2, -0.15) is 0 Å². The second-order valence-electron chi connectivity index (χ2n) is 5.41. The fraction of sp³-hybridized carbons (Fsp3) is 0.158. The summed E-state index contributed by atoms with van der Waals surface area (Å²) in [6, 6.07) is 18.5. The van der Waals surface area contributed by atoms with Crippen molar-refractivity contribution in [2.75, 3.05) is 17.2 Å². The SMILES string of the molecule is CCN(c1ccccc1)c1ncnc(Sc2ccc(C)cc2)c1N. The Morgan fingerprint density at radius 2 is 1.71 bits per heavy atom. The van der Waals surface area contributed by atoms with Crippen LogP contribution in [0.25, 0.3) is 0 Å². The highest BCUT2D eigenvalue weighted by atomic mass is 32.2. The molecule has 0 aliphatic carbocycles. The highest BCUT2D eigenvalue weighted by Gasteiger charge is 2.16. The third-order valence-corrected chi connectivity index (χ3v) is 4.73. The molecule has 0 amide bonds. The van der Waals surface area contributed by atoms with Gasteiger partial charge in [-0.3, -0.25) is 0 Å². The molecule has 24 heavy (non-hydrogen) atoms. The van der Waals surface area contributed by atoms with Gasteiger partial charge < -0.3 is 10.6 Å². The summed E-state index contributed by atoms with van der Waals surface area (Å²) in [4.78, 5) is 12.0. The number of hydrogen-bond acceptors (Lipinski definition) is 5. The smallest absolute Gasteiger partial charge is 0.160 e. The maximum Gasteiger partial charge on any atom is 0.160 e. The predicted octanol–water partition coefficient (Wildman–Crippen LogP) is 4.68. The maximum atomic E-state index is 6.39. The molecule has 4 nitrogen and oxygen atoms in total. The van der Waals surface area contributed by atoms with Crippen LogP contribution < -0.4 is 10.6 Å². The molecule has 1 aromatic heterocycles. The number of nitrogen functional groups attached to an aromatic ring is 1. The molecule has 0 radical (unpaired) electrons. The quantitative estimate of drug-likeness (QED) is 0.686. The Labute approximate surface area is 146 Å². The van der Waals surface area contributed by atoms with Crippen LogP contribution in [0.5, 0.6) is 0 Å². The van der Waals surface area contributed by atoms with Gasteiger partial charge >= 0.3 is 0 Å². The first kappa shape index (κ1) is 16.3. The molecule has 0 saturated heterocycles. The zero-order valence-corrected chi connectivity index (χ0v) is 14.6. The van der Waals surface area contributed by atoms with E-state index in [-0.39, 0.29) is 0 Å². The lowest BCUT2D eigenvalue weighted by Crippen LogP contribution is -2.19. The summed E-state index contributed by atoms with van der Waals surface area (Å²) >= 11 is 1.56. The Morgan fingerprint density at radius 1 is 1.00 bits per heavy atom. The lowest BCUT2D eigenvalue weighted by atomic mass is 10.2. The number of para-hydroxylation sites is 1. The number of rotatable bonds is 5. The molecule has 5 heteroatoms. The van der Waals surface area contributed by atoms with Gasteiger partial charge in [0.25, 0.3) is 0 Å². The second kappa shape index (κ2) is 7.36. The summed E-state index contributed by atoms with van der Waals surface area (Å²) in [6.45, 7) is 4.94. The topological polar surface area (TPSA) is 55.0 Å². The third-order valence-electron chi connectivity index (χ3n) is 3.70. The van der Waals surface area contributed by atoms with E-state index in [0.717, 1.165) is 28.0 Å². The Bertz CT molecular complexity index is 803. The van der Waals surface area contributed by atoms with Gasteiger partial charge in [-0.25, -0.2) is 9.97 Å². The van der Waals surface area contributed by atoms with Gasteiger partial charge in [-0.1, -0.05) is 47.7 Å². The van der Waals surface area contributed by atoms with Gasteiger partial charge in [0.05, 0.1) is 0 Å². The number of nitrogens with zero attached hydrogens (tertiary/aromatic N) is 3. The van der Waals surface area contributed by atoms with Gasteiger partial charge in [0.1, 0.15) is 17.0 Å². The number of nitrogens with two attached hydrogens (primary N) is 1. The third kappa shape index (κ3) is 3.51. The lowest BCUT2D eigenvalue weighted by molar-refractivity contribution is 0.955. The monoisotopic (exact) mass is 336 g/mol. The molecule has 2 N–H and O–H groups in total. The molecular formula is C19H20N4S. The fourth-order valence-electron chi connectivity index (χ4n) is 2.45. The highest BCUT2D eigenvalue weighted by Crippen LogP contribution is 2.36. The minimum Gasteiger partial charge on any atom is -0.394 e. The first-order valence-electron chi connectivity index (χ1n) is 7.86. The van der Waals surface area contributed by atoms with Crippen molar-refractivity contribution in [3.8, 4) is 0 Å². The van der Waals surface area contributed by atoms with Crippen molar-refractivity contribution in [1.29, 1.82) is 0 Å². The molecule has 3 aromatic rings. The van der Waals surface area contributed by atoms with E-state index in [1.165, 1.54) is 5.56 Å². The second-order valence-corrected chi connectivity index (χ2v) is 6.47. The van der Waals surface area contributed by atoms with Crippen LogP contribution in [0.15, 0.2) is 70.8 Å². The standard InChI is InChI=1S/C19H20N4S/c1-3-23(15-7-5-4-6-8-15)18-17(20)19(22-13-21-18)24-16-11-9-14(2)10-12-16/h4-13H,3,20H2,1-2H3. The fourth-order valence-corrected chi connectivity index (χ4v) is 3.24. The molecule has 0 fully saturated rings. The molecule has 1 heterocycles. The number of aryl methyl sites for hydroxylation is 1. The van der Waals surface area contributed by atoms with E-state index in [9.17, 15) is 0 Å². The van der Waals surface area contributed by atoms with E-state index >= 15 is 0 Å². The average Bonchev–Trinajstić information content (AvgIpc) is 2.61. The van der Waals surface area contributed by atoms with Gasteiger partial charge in [0, 0.05) is 17.1 Å². The minimum absolute atomic E-state index is 0.605. The summed E-state index contributed by atoms with van der Waals surface area (Å²) in [5, 5.41) is 0.776. The molecule has 0 saturated carbocycles. The molecule has 0 atom stereocenters. The highest BCUT2D eigenvalue weighted by molar-refractivity contribution is 7.99. The van der Waals surface area contributed by atoms with E-state index in [1.54, 1.807) is 18.1 Å². The van der Waals surface area contributed by atoms with Crippen LogP contribution in [0, 0.1) is 6.92 Å². The summed E-state index contributed by atoms with van der Waals surface area (Å²) in [7, 11) is 0. The molecule has 122 valence electrons. The van der Waals surface area contributed by atoms with Crippen molar-refractivity contribution >= 4 is 29.0 Å². The van der Waals surface area contributed by atoms with Crippen LogP contribution in [0.1, 0.15) is 12.5 Å². The van der Waals surface area contributed by atoms with E-state index in [1.807, 2.05) is 18.2 Å². The van der Waals surface area contributed by atoms with Gasteiger partial charge in [0.2, 0.25) is 0 Å². The predicted molar refractivity (Wildman–Crippen MR) is 101 cm³/mol. The molecular weight excluding hydrogens is 316 g/mol. The van der Waals surface area contributed by atoms with Crippen LogP contribution in [0.2, 0.25) is 0 Å². The van der Waals surface area contributed by atoms with Crippen molar-refractivity contribution in [2.45, 2.75) is 23.8 Å². The van der Waals surface area contributed by atoms with Gasteiger partial charge in [-0.05, 0) is 38.1 Å². The van der Waals surface area contributed by atoms with Crippen LogP contribution >= 0.6 is 11.8 Å². The Balaban J connectivity index is 1.94. The average molecular weight is 336 g/mol. The summed E-state index contributed by atoms with van der Waals surface area (Å²) in [6.07, 6.45) is 1.58. The minimum atomic E-state index is 0.605. The lowest BCUT2D eigenvalue weighted by Gasteiger charge is -2.23. The summed E-state index contributed by atoms with van der Waals surface area (Å²) in [5.41, 5.74) is 9.29. The number of hydrogen-bond donors (Lipinski definition) is 1. The molecule has 3 rings (SSSR count). The van der Waals surface area contributed by atoms with Gasteiger partial charge in [-0.15, -0.1) is 0 Å².